The Bertz CT molecular complexity index is 1310. The molecule has 0 bridgehead atoms. The van der Waals surface area contributed by atoms with Crippen LogP contribution in [-0.4, -0.2) is 90.5 Å². The van der Waals surface area contributed by atoms with E-state index >= 15 is 0 Å². The number of carbonyl (C=O) groups excluding carboxylic acids is 4. The van der Waals surface area contributed by atoms with Gasteiger partial charge >= 0.3 is 0 Å². The predicted molar refractivity (Wildman–Crippen MR) is 167 cm³/mol. The lowest BCUT2D eigenvalue weighted by molar-refractivity contribution is -0.146. The average molecular weight is 612 g/mol. The molecule has 4 amide bonds. The highest BCUT2D eigenvalue weighted by molar-refractivity contribution is 8.03. The van der Waals surface area contributed by atoms with Gasteiger partial charge in [-0.3, -0.25) is 19.2 Å². The second-order valence-corrected chi connectivity index (χ2v) is 12.5. The third-order valence-electron chi connectivity index (χ3n) is 6.46. The zero-order valence-corrected chi connectivity index (χ0v) is 26.1. The van der Waals surface area contributed by atoms with Crippen molar-refractivity contribution in [2.75, 3.05) is 38.0 Å². The number of anilines is 1. The number of hydrogen-bond acceptors (Lipinski definition) is 8. The first-order chi connectivity index (χ1) is 20.2. The fourth-order valence-electron chi connectivity index (χ4n) is 4.34. The lowest BCUT2D eigenvalue weighted by Crippen LogP contribution is -2.58. The van der Waals surface area contributed by atoms with Crippen molar-refractivity contribution < 1.29 is 29.0 Å². The maximum Gasteiger partial charge on any atom is 0.258 e. The van der Waals surface area contributed by atoms with Gasteiger partial charge in [-0.25, -0.2) is 0 Å². The summed E-state index contributed by atoms with van der Waals surface area (Å²) in [5.74, 6) is -1.58. The van der Waals surface area contributed by atoms with Gasteiger partial charge in [0.1, 0.15) is 11.8 Å². The van der Waals surface area contributed by atoms with Crippen molar-refractivity contribution in [2.24, 2.45) is 0 Å². The van der Waals surface area contributed by atoms with Gasteiger partial charge in [0, 0.05) is 36.3 Å². The van der Waals surface area contributed by atoms with Gasteiger partial charge in [-0.05, 0) is 44.9 Å². The first kappa shape index (κ1) is 33.5. The number of rotatable bonds is 12. The molecular formula is C31H41N5O6S. The molecule has 1 fully saturated rings. The number of aliphatic hydroxyl groups excluding tert-OH is 1. The van der Waals surface area contributed by atoms with Crippen LogP contribution in [0.3, 0.4) is 0 Å². The summed E-state index contributed by atoms with van der Waals surface area (Å²) in [4.78, 5) is 55.5. The molecule has 1 heterocycles. The molecule has 43 heavy (non-hydrogen) atoms. The van der Waals surface area contributed by atoms with Crippen LogP contribution in [0.15, 0.2) is 66.1 Å². The van der Waals surface area contributed by atoms with Gasteiger partial charge in [0.25, 0.3) is 11.8 Å². The summed E-state index contributed by atoms with van der Waals surface area (Å²) in [7, 11) is 3.78. The number of nitrogens with one attached hydrogen (secondary N) is 3. The maximum atomic E-state index is 13.5. The molecule has 4 N–H and O–H groups in total. The lowest BCUT2D eigenvalue weighted by Gasteiger charge is -2.31. The van der Waals surface area contributed by atoms with Crippen LogP contribution in [0.2, 0.25) is 0 Å². The minimum atomic E-state index is -1.66. The van der Waals surface area contributed by atoms with Crippen molar-refractivity contribution in [1.29, 1.82) is 0 Å². The standard InChI is InChI=1S/C31H41N5O6S/c1-20-27(29(40)34-31(2,3)4)36(19-43-20)30(41)28(39)24(15-21-11-8-7-9-12-21)33-25(37)17-32-26(38)18-42-23-14-10-13-22(16-23)35(5)6/h7-14,16,24,27-28,39H,1,15,17-19H2,2-6H3,(H,32,38)(H,33,37)(H,34,40)/t24-,27-,28-/m0/s1. The van der Waals surface area contributed by atoms with Gasteiger partial charge < -0.3 is 35.6 Å². The van der Waals surface area contributed by atoms with E-state index in [9.17, 15) is 24.3 Å². The number of thioether (sulfide) groups is 1. The fraction of sp³-hybridized carbons (Fsp3) is 0.419. The van der Waals surface area contributed by atoms with E-state index in [-0.39, 0.29) is 25.4 Å². The maximum absolute atomic E-state index is 13.5. The van der Waals surface area contributed by atoms with Crippen molar-refractivity contribution in [3.05, 3.63) is 71.6 Å². The molecule has 0 aliphatic carbocycles. The molecular weight excluding hydrogens is 570 g/mol. The molecule has 1 aliphatic rings. The molecule has 2 aromatic rings. The van der Waals surface area contributed by atoms with Gasteiger partial charge in [-0.15, -0.1) is 11.8 Å². The third kappa shape index (κ3) is 10.0. The molecule has 12 heteroatoms. The summed E-state index contributed by atoms with van der Waals surface area (Å²) in [5.41, 5.74) is 1.15. The van der Waals surface area contributed by atoms with Crippen LogP contribution in [0.5, 0.6) is 5.75 Å². The number of hydrogen-bond donors (Lipinski definition) is 4. The van der Waals surface area contributed by atoms with Crippen LogP contribution in [0, 0.1) is 0 Å². The fourth-order valence-corrected chi connectivity index (χ4v) is 5.31. The molecule has 0 aromatic heterocycles. The number of carbonyl (C=O) groups is 4. The van der Waals surface area contributed by atoms with E-state index in [1.807, 2.05) is 82.2 Å². The number of aliphatic hydroxyl groups is 1. The van der Waals surface area contributed by atoms with E-state index in [0.717, 1.165) is 11.3 Å². The Morgan fingerprint density at radius 2 is 1.79 bits per heavy atom. The Labute approximate surface area is 257 Å². The van der Waals surface area contributed by atoms with Crippen LogP contribution < -0.4 is 25.6 Å². The summed E-state index contributed by atoms with van der Waals surface area (Å²) < 4.78 is 5.54. The summed E-state index contributed by atoms with van der Waals surface area (Å²) in [6.45, 7) is 8.73. The van der Waals surface area contributed by atoms with Gasteiger partial charge in [0.05, 0.1) is 18.5 Å². The molecule has 1 aliphatic heterocycles. The summed E-state index contributed by atoms with van der Waals surface area (Å²) >= 11 is 1.25. The summed E-state index contributed by atoms with van der Waals surface area (Å²) in [6.07, 6.45) is -1.52. The zero-order chi connectivity index (χ0) is 31.7. The molecule has 3 rings (SSSR count). The van der Waals surface area contributed by atoms with E-state index in [1.165, 1.54) is 16.7 Å². The van der Waals surface area contributed by atoms with Crippen molar-refractivity contribution in [2.45, 2.75) is 50.9 Å². The van der Waals surface area contributed by atoms with Gasteiger partial charge in [0.15, 0.2) is 12.7 Å². The van der Waals surface area contributed by atoms with E-state index in [4.69, 9.17) is 4.74 Å². The zero-order valence-electron chi connectivity index (χ0n) is 25.3. The highest BCUT2D eigenvalue weighted by Gasteiger charge is 2.42. The second-order valence-electron chi connectivity index (χ2n) is 11.5. The van der Waals surface area contributed by atoms with Crippen LogP contribution >= 0.6 is 11.8 Å². The summed E-state index contributed by atoms with van der Waals surface area (Å²) in [6, 6.07) is 14.3. The Hall–Kier alpha value is -4.03. The topological polar surface area (TPSA) is 140 Å². The molecule has 0 saturated carbocycles. The van der Waals surface area contributed by atoms with E-state index in [2.05, 4.69) is 22.5 Å². The molecule has 0 unspecified atom stereocenters. The first-order valence-electron chi connectivity index (χ1n) is 13.9. The van der Waals surface area contributed by atoms with E-state index in [0.29, 0.717) is 10.7 Å². The van der Waals surface area contributed by atoms with Crippen molar-refractivity contribution >= 4 is 41.1 Å². The Balaban J connectivity index is 1.64. The third-order valence-corrected chi connectivity index (χ3v) is 7.47. The van der Waals surface area contributed by atoms with Crippen molar-refractivity contribution in [3.8, 4) is 5.75 Å². The molecule has 0 spiro atoms. The Morgan fingerprint density at radius 3 is 2.44 bits per heavy atom. The van der Waals surface area contributed by atoms with Crippen molar-refractivity contribution in [3.63, 3.8) is 0 Å². The number of amides is 4. The van der Waals surface area contributed by atoms with Gasteiger partial charge in [-0.2, -0.15) is 0 Å². The number of nitrogens with zero attached hydrogens (tertiary/aromatic N) is 2. The lowest BCUT2D eigenvalue weighted by atomic mass is 9.99. The quantitative estimate of drug-likeness (QED) is 0.284. The molecule has 2 aromatic carbocycles. The first-order valence-corrected chi connectivity index (χ1v) is 14.9. The molecule has 1 saturated heterocycles. The highest BCUT2D eigenvalue weighted by atomic mass is 32.2. The SMILES string of the molecule is C=C1SCN(C(=O)[C@@H](O)[C@H](Cc2ccccc2)NC(=O)CNC(=O)COc2cccc(N(C)C)c2)[C@@H]1C(=O)NC(C)(C)C. The summed E-state index contributed by atoms with van der Waals surface area (Å²) in [5, 5.41) is 19.3. The minimum Gasteiger partial charge on any atom is -0.484 e. The van der Waals surface area contributed by atoms with Gasteiger partial charge in [0.2, 0.25) is 11.8 Å². The smallest absolute Gasteiger partial charge is 0.258 e. The Morgan fingerprint density at radius 1 is 1.09 bits per heavy atom. The largest absolute Gasteiger partial charge is 0.484 e. The molecule has 3 atom stereocenters. The molecule has 232 valence electrons. The van der Waals surface area contributed by atoms with Crippen LogP contribution in [0.1, 0.15) is 26.3 Å². The predicted octanol–water partition coefficient (Wildman–Crippen LogP) is 1.67. The monoisotopic (exact) mass is 611 g/mol. The normalized spacial score (nSPS) is 16.2. The number of ether oxygens (including phenoxy) is 1. The van der Waals surface area contributed by atoms with Gasteiger partial charge in [-0.1, -0.05) is 43.0 Å². The molecule has 0 radical (unpaired) electrons. The minimum absolute atomic E-state index is 0.135. The van der Waals surface area contributed by atoms with Crippen LogP contribution in [-0.2, 0) is 25.6 Å². The van der Waals surface area contributed by atoms with E-state index < -0.39 is 47.4 Å². The highest BCUT2D eigenvalue weighted by Crippen LogP contribution is 2.33. The Kier molecular flexibility index (Phi) is 11.6. The van der Waals surface area contributed by atoms with Crippen molar-refractivity contribution in [1.82, 2.24) is 20.9 Å². The van der Waals surface area contributed by atoms with E-state index in [1.54, 1.807) is 12.1 Å². The van der Waals surface area contributed by atoms with Crippen LogP contribution in [0.25, 0.3) is 0 Å². The second kappa shape index (κ2) is 14.9. The van der Waals surface area contributed by atoms with Crippen LogP contribution in [0.4, 0.5) is 5.69 Å². The average Bonchev–Trinajstić information content (AvgIpc) is 3.35. The number of benzene rings is 2. The molecule has 11 nitrogen and oxygen atoms in total.